The highest BCUT2D eigenvalue weighted by molar-refractivity contribution is 5.88. The van der Waals surface area contributed by atoms with Gasteiger partial charge >= 0.3 is 6.03 Å². The van der Waals surface area contributed by atoms with Gasteiger partial charge in [0, 0.05) is 24.7 Å². The number of benzene rings is 1. The van der Waals surface area contributed by atoms with Gasteiger partial charge in [0.25, 0.3) is 0 Å². The molecule has 0 bridgehead atoms. The molecule has 1 N–H and O–H groups in total. The Bertz CT molecular complexity index is 648. The smallest absolute Gasteiger partial charge is 0.323 e. The molecule has 1 saturated heterocycles. The SMILES string of the molecule is CN1CCC(N(C)C(=O)Nc2cc(-c3ccccc3)on2)CC1. The second-order valence-electron chi connectivity index (χ2n) is 6.02. The normalized spacial score (nSPS) is 16.3. The van der Waals surface area contributed by atoms with Crippen LogP contribution in [-0.2, 0) is 0 Å². The van der Waals surface area contributed by atoms with Crippen LogP contribution in [0.5, 0.6) is 0 Å². The van der Waals surface area contributed by atoms with Gasteiger partial charge in [-0.25, -0.2) is 4.79 Å². The van der Waals surface area contributed by atoms with Gasteiger partial charge in [-0.15, -0.1) is 0 Å². The number of hydrogen-bond acceptors (Lipinski definition) is 4. The molecule has 2 amide bonds. The summed E-state index contributed by atoms with van der Waals surface area (Å²) < 4.78 is 5.30. The fourth-order valence-corrected chi connectivity index (χ4v) is 2.82. The Kier molecular flexibility index (Phi) is 4.62. The number of nitrogens with zero attached hydrogens (tertiary/aromatic N) is 3. The van der Waals surface area contributed by atoms with Crippen molar-refractivity contribution in [2.24, 2.45) is 0 Å². The zero-order valence-electron chi connectivity index (χ0n) is 13.5. The molecule has 2 heterocycles. The number of piperidine rings is 1. The molecule has 1 aromatic carbocycles. The monoisotopic (exact) mass is 314 g/mol. The Morgan fingerprint density at radius 3 is 2.70 bits per heavy atom. The van der Waals surface area contributed by atoms with Gasteiger partial charge in [0.05, 0.1) is 0 Å². The van der Waals surface area contributed by atoms with Crippen molar-refractivity contribution >= 4 is 11.8 Å². The first-order valence-electron chi connectivity index (χ1n) is 7.88. The number of anilines is 1. The van der Waals surface area contributed by atoms with E-state index in [1.54, 1.807) is 11.0 Å². The molecule has 1 aliphatic heterocycles. The van der Waals surface area contributed by atoms with E-state index in [0.29, 0.717) is 11.6 Å². The molecule has 6 heteroatoms. The van der Waals surface area contributed by atoms with Crippen molar-refractivity contribution in [3.63, 3.8) is 0 Å². The van der Waals surface area contributed by atoms with E-state index < -0.39 is 0 Å². The molecule has 1 aromatic heterocycles. The first kappa shape index (κ1) is 15.6. The fraction of sp³-hybridized carbons (Fsp3) is 0.412. The summed E-state index contributed by atoms with van der Waals surface area (Å²) in [6.45, 7) is 2.04. The summed E-state index contributed by atoms with van der Waals surface area (Å²) in [6, 6.07) is 11.6. The highest BCUT2D eigenvalue weighted by Crippen LogP contribution is 2.22. The van der Waals surface area contributed by atoms with Gasteiger partial charge in [0.15, 0.2) is 11.6 Å². The topological polar surface area (TPSA) is 61.6 Å². The van der Waals surface area contributed by atoms with Crippen molar-refractivity contribution < 1.29 is 9.32 Å². The van der Waals surface area contributed by atoms with Gasteiger partial charge in [-0.2, -0.15) is 0 Å². The van der Waals surface area contributed by atoms with Gasteiger partial charge in [0.2, 0.25) is 0 Å². The Hall–Kier alpha value is -2.34. The van der Waals surface area contributed by atoms with E-state index in [2.05, 4.69) is 22.4 Å². The van der Waals surface area contributed by atoms with Gasteiger partial charge < -0.3 is 14.3 Å². The molecule has 3 rings (SSSR count). The maximum Gasteiger partial charge on any atom is 0.323 e. The van der Waals surface area contributed by atoms with Crippen LogP contribution in [0.4, 0.5) is 10.6 Å². The number of aromatic nitrogens is 1. The summed E-state index contributed by atoms with van der Waals surface area (Å²) >= 11 is 0. The maximum atomic E-state index is 12.4. The molecule has 122 valence electrons. The van der Waals surface area contributed by atoms with Crippen LogP contribution in [0.2, 0.25) is 0 Å². The molecule has 0 aliphatic carbocycles. The molecular weight excluding hydrogens is 292 g/mol. The van der Waals surface area contributed by atoms with E-state index >= 15 is 0 Å². The van der Waals surface area contributed by atoms with Crippen molar-refractivity contribution in [2.75, 3.05) is 32.5 Å². The van der Waals surface area contributed by atoms with Crippen LogP contribution in [-0.4, -0.2) is 54.2 Å². The lowest BCUT2D eigenvalue weighted by Gasteiger charge is -2.34. The number of rotatable bonds is 3. The van der Waals surface area contributed by atoms with Crippen LogP contribution in [0.1, 0.15) is 12.8 Å². The summed E-state index contributed by atoms with van der Waals surface area (Å²) in [6.07, 6.45) is 1.99. The first-order valence-corrected chi connectivity index (χ1v) is 7.88. The number of likely N-dealkylation sites (tertiary alicyclic amines) is 1. The molecule has 0 unspecified atom stereocenters. The van der Waals surface area contributed by atoms with E-state index in [1.807, 2.05) is 37.4 Å². The van der Waals surface area contributed by atoms with Gasteiger partial charge in [-0.3, -0.25) is 5.32 Å². The van der Waals surface area contributed by atoms with Gasteiger partial charge in [-0.1, -0.05) is 35.5 Å². The third-order valence-corrected chi connectivity index (χ3v) is 4.36. The van der Waals surface area contributed by atoms with Crippen LogP contribution >= 0.6 is 0 Å². The third-order valence-electron chi connectivity index (χ3n) is 4.36. The van der Waals surface area contributed by atoms with Gasteiger partial charge in [-0.05, 0) is 33.0 Å². The highest BCUT2D eigenvalue weighted by atomic mass is 16.5. The molecule has 0 atom stereocenters. The highest BCUT2D eigenvalue weighted by Gasteiger charge is 2.24. The van der Waals surface area contributed by atoms with Crippen molar-refractivity contribution in [3.05, 3.63) is 36.4 Å². The van der Waals surface area contributed by atoms with Crippen molar-refractivity contribution in [1.29, 1.82) is 0 Å². The average molecular weight is 314 g/mol. The zero-order chi connectivity index (χ0) is 16.2. The molecule has 0 saturated carbocycles. The van der Waals surface area contributed by atoms with Crippen LogP contribution in [0.3, 0.4) is 0 Å². The molecule has 0 radical (unpaired) electrons. The number of carbonyl (C=O) groups is 1. The summed E-state index contributed by atoms with van der Waals surface area (Å²) in [5.41, 5.74) is 0.934. The van der Waals surface area contributed by atoms with Crippen molar-refractivity contribution in [3.8, 4) is 11.3 Å². The van der Waals surface area contributed by atoms with Gasteiger partial charge in [0.1, 0.15) is 0 Å². The maximum absolute atomic E-state index is 12.4. The lowest BCUT2D eigenvalue weighted by molar-refractivity contribution is 0.156. The Morgan fingerprint density at radius 2 is 2.00 bits per heavy atom. The van der Waals surface area contributed by atoms with E-state index in [-0.39, 0.29) is 12.1 Å². The number of urea groups is 1. The van der Waals surface area contributed by atoms with Crippen LogP contribution < -0.4 is 5.32 Å². The van der Waals surface area contributed by atoms with E-state index in [4.69, 9.17) is 4.52 Å². The third kappa shape index (κ3) is 3.71. The minimum Gasteiger partial charge on any atom is -0.354 e. The summed E-state index contributed by atoms with van der Waals surface area (Å²) in [4.78, 5) is 16.4. The second kappa shape index (κ2) is 6.83. The zero-order valence-corrected chi connectivity index (χ0v) is 13.5. The predicted molar refractivity (Wildman–Crippen MR) is 89.2 cm³/mol. The number of carbonyl (C=O) groups excluding carboxylic acids is 1. The minimum absolute atomic E-state index is 0.146. The average Bonchev–Trinajstić information content (AvgIpc) is 3.04. The van der Waals surface area contributed by atoms with E-state index in [1.165, 1.54) is 0 Å². The largest absolute Gasteiger partial charge is 0.354 e. The number of amides is 2. The van der Waals surface area contributed by atoms with E-state index in [9.17, 15) is 4.79 Å². The lowest BCUT2D eigenvalue weighted by Crippen LogP contribution is -2.46. The Morgan fingerprint density at radius 1 is 1.30 bits per heavy atom. The molecule has 23 heavy (non-hydrogen) atoms. The minimum atomic E-state index is -0.146. The summed E-state index contributed by atoms with van der Waals surface area (Å²) in [5, 5.41) is 6.74. The molecule has 1 fully saturated rings. The van der Waals surface area contributed by atoms with Crippen LogP contribution in [0, 0.1) is 0 Å². The van der Waals surface area contributed by atoms with Crippen LogP contribution in [0.25, 0.3) is 11.3 Å². The van der Waals surface area contributed by atoms with Crippen molar-refractivity contribution in [2.45, 2.75) is 18.9 Å². The summed E-state index contributed by atoms with van der Waals surface area (Å²) in [7, 11) is 3.94. The lowest BCUT2D eigenvalue weighted by atomic mass is 10.0. The molecule has 0 spiro atoms. The molecule has 1 aliphatic rings. The first-order chi connectivity index (χ1) is 11.1. The quantitative estimate of drug-likeness (QED) is 0.946. The van der Waals surface area contributed by atoms with Crippen molar-refractivity contribution in [1.82, 2.24) is 15.0 Å². The number of nitrogens with one attached hydrogen (secondary N) is 1. The predicted octanol–water partition coefficient (Wildman–Crippen LogP) is 2.90. The number of hydrogen-bond donors (Lipinski definition) is 1. The summed E-state index contributed by atoms with van der Waals surface area (Å²) in [5.74, 6) is 1.08. The fourth-order valence-electron chi connectivity index (χ4n) is 2.82. The standard InChI is InChI=1S/C17H22N4O2/c1-20-10-8-14(9-11-20)21(2)17(22)18-16-12-15(23-19-16)13-6-4-3-5-7-13/h3-7,12,14H,8-11H2,1-2H3,(H,18,19,22). The molecular formula is C17H22N4O2. The van der Waals surface area contributed by atoms with E-state index in [0.717, 1.165) is 31.5 Å². The molecule has 2 aromatic rings. The Labute approximate surface area is 136 Å². The molecule has 6 nitrogen and oxygen atoms in total. The Balaban J connectivity index is 1.61. The second-order valence-corrected chi connectivity index (χ2v) is 6.02. The van der Waals surface area contributed by atoms with Crippen LogP contribution in [0.15, 0.2) is 40.9 Å².